The SMILES string of the molecule is Cc1cccc2nc(COC(=O)c3cc(C(C)C)nc4c3cnn4C(C)C)cc(=O)n12. The van der Waals surface area contributed by atoms with Crippen LogP contribution >= 0.6 is 0 Å². The van der Waals surface area contributed by atoms with Gasteiger partial charge in [0.2, 0.25) is 0 Å². The van der Waals surface area contributed by atoms with E-state index in [2.05, 4.69) is 10.1 Å². The minimum Gasteiger partial charge on any atom is -0.456 e. The van der Waals surface area contributed by atoms with Gasteiger partial charge in [-0.05, 0) is 44.9 Å². The number of hydrogen-bond donors (Lipinski definition) is 0. The van der Waals surface area contributed by atoms with Crippen molar-refractivity contribution in [1.29, 1.82) is 0 Å². The summed E-state index contributed by atoms with van der Waals surface area (Å²) in [7, 11) is 0. The summed E-state index contributed by atoms with van der Waals surface area (Å²) in [4.78, 5) is 34.6. The molecule has 160 valence electrons. The molecule has 8 heteroatoms. The third-order valence-electron chi connectivity index (χ3n) is 5.17. The van der Waals surface area contributed by atoms with Crippen molar-refractivity contribution >= 4 is 22.6 Å². The Labute approximate surface area is 179 Å². The Morgan fingerprint density at radius 1 is 1.13 bits per heavy atom. The molecule has 0 fully saturated rings. The van der Waals surface area contributed by atoms with Gasteiger partial charge in [0.05, 0.1) is 22.8 Å². The molecule has 31 heavy (non-hydrogen) atoms. The fraction of sp³-hybridized carbons (Fsp3) is 0.348. The van der Waals surface area contributed by atoms with Crippen LogP contribution in [0.5, 0.6) is 0 Å². The third-order valence-corrected chi connectivity index (χ3v) is 5.17. The number of aryl methyl sites for hydroxylation is 1. The lowest BCUT2D eigenvalue weighted by atomic mass is 10.1. The third kappa shape index (κ3) is 3.81. The number of hydrogen-bond acceptors (Lipinski definition) is 6. The van der Waals surface area contributed by atoms with Crippen molar-refractivity contribution in [2.75, 3.05) is 0 Å². The number of pyridine rings is 2. The molecule has 4 heterocycles. The Morgan fingerprint density at radius 2 is 1.90 bits per heavy atom. The minimum absolute atomic E-state index is 0.0995. The lowest BCUT2D eigenvalue weighted by molar-refractivity contribution is 0.0470. The van der Waals surface area contributed by atoms with Crippen LogP contribution < -0.4 is 5.56 Å². The van der Waals surface area contributed by atoms with Crippen LogP contribution in [0.15, 0.2) is 41.3 Å². The number of esters is 1. The van der Waals surface area contributed by atoms with Gasteiger partial charge in [0.1, 0.15) is 12.3 Å². The van der Waals surface area contributed by atoms with Crippen LogP contribution in [-0.2, 0) is 11.3 Å². The summed E-state index contributed by atoms with van der Waals surface area (Å²) in [5, 5.41) is 5.04. The first-order chi connectivity index (χ1) is 14.8. The average molecular weight is 419 g/mol. The summed E-state index contributed by atoms with van der Waals surface area (Å²) in [5.41, 5.74) is 3.36. The Morgan fingerprint density at radius 3 is 2.61 bits per heavy atom. The summed E-state index contributed by atoms with van der Waals surface area (Å²) < 4.78 is 8.87. The predicted molar refractivity (Wildman–Crippen MR) is 117 cm³/mol. The number of carbonyl (C=O) groups is 1. The van der Waals surface area contributed by atoms with Gasteiger partial charge in [0.15, 0.2) is 5.65 Å². The summed E-state index contributed by atoms with van der Waals surface area (Å²) in [6.07, 6.45) is 1.65. The number of carbonyl (C=O) groups excluding carboxylic acids is 1. The molecule has 0 saturated heterocycles. The van der Waals surface area contributed by atoms with Gasteiger partial charge < -0.3 is 4.74 Å². The second-order valence-electron chi connectivity index (χ2n) is 8.19. The first-order valence-corrected chi connectivity index (χ1v) is 10.3. The lowest BCUT2D eigenvalue weighted by Crippen LogP contribution is -2.18. The monoisotopic (exact) mass is 419 g/mol. The molecule has 0 bridgehead atoms. The van der Waals surface area contributed by atoms with Gasteiger partial charge in [-0.15, -0.1) is 0 Å². The molecule has 0 saturated carbocycles. The highest BCUT2D eigenvalue weighted by Gasteiger charge is 2.20. The van der Waals surface area contributed by atoms with E-state index in [1.54, 1.807) is 23.0 Å². The molecule has 4 aromatic rings. The number of fused-ring (bicyclic) bond motifs is 2. The van der Waals surface area contributed by atoms with Crippen molar-refractivity contribution < 1.29 is 9.53 Å². The minimum atomic E-state index is -0.496. The topological polar surface area (TPSA) is 91.4 Å². The quantitative estimate of drug-likeness (QED) is 0.457. The van der Waals surface area contributed by atoms with E-state index in [1.165, 1.54) is 10.5 Å². The van der Waals surface area contributed by atoms with E-state index in [0.29, 0.717) is 27.9 Å². The van der Waals surface area contributed by atoms with Crippen LogP contribution in [0.4, 0.5) is 0 Å². The summed E-state index contributed by atoms with van der Waals surface area (Å²) in [6, 6.07) is 8.68. The smallest absolute Gasteiger partial charge is 0.339 e. The zero-order chi connectivity index (χ0) is 22.3. The van der Waals surface area contributed by atoms with E-state index >= 15 is 0 Å². The molecule has 4 aromatic heterocycles. The molecular weight excluding hydrogens is 394 g/mol. The van der Waals surface area contributed by atoms with Gasteiger partial charge >= 0.3 is 5.97 Å². The zero-order valence-corrected chi connectivity index (χ0v) is 18.3. The molecule has 0 spiro atoms. The molecule has 8 nitrogen and oxygen atoms in total. The number of rotatable bonds is 5. The van der Waals surface area contributed by atoms with E-state index in [-0.39, 0.29) is 24.1 Å². The van der Waals surface area contributed by atoms with E-state index < -0.39 is 5.97 Å². The summed E-state index contributed by atoms with van der Waals surface area (Å²) in [6.45, 7) is 9.81. The molecule has 0 amide bonds. The number of nitrogens with zero attached hydrogens (tertiary/aromatic N) is 5. The largest absolute Gasteiger partial charge is 0.456 e. The fourth-order valence-corrected chi connectivity index (χ4v) is 3.53. The molecule has 0 aromatic carbocycles. The van der Waals surface area contributed by atoms with E-state index in [0.717, 1.165) is 11.4 Å². The van der Waals surface area contributed by atoms with Gasteiger partial charge in [0, 0.05) is 23.5 Å². The van der Waals surface area contributed by atoms with Crippen LogP contribution in [-0.4, -0.2) is 30.1 Å². The van der Waals surface area contributed by atoms with E-state index in [9.17, 15) is 9.59 Å². The lowest BCUT2D eigenvalue weighted by Gasteiger charge is -2.12. The van der Waals surface area contributed by atoms with Gasteiger partial charge in [-0.25, -0.2) is 19.4 Å². The molecule has 0 aliphatic rings. The highest BCUT2D eigenvalue weighted by Crippen LogP contribution is 2.25. The van der Waals surface area contributed by atoms with Crippen molar-refractivity contribution in [3.8, 4) is 0 Å². The molecule has 0 aliphatic carbocycles. The van der Waals surface area contributed by atoms with Gasteiger partial charge in [-0.1, -0.05) is 19.9 Å². The fourth-order valence-electron chi connectivity index (χ4n) is 3.53. The summed E-state index contributed by atoms with van der Waals surface area (Å²) in [5.74, 6) is -0.360. The van der Waals surface area contributed by atoms with E-state index in [4.69, 9.17) is 9.72 Å². The Hall–Kier alpha value is -3.55. The van der Waals surface area contributed by atoms with Gasteiger partial charge in [0.25, 0.3) is 5.56 Å². The Balaban J connectivity index is 1.67. The molecule has 0 unspecified atom stereocenters. The second-order valence-corrected chi connectivity index (χ2v) is 8.19. The van der Waals surface area contributed by atoms with Gasteiger partial charge in [-0.3, -0.25) is 9.20 Å². The molecule has 4 rings (SSSR count). The number of ether oxygens (including phenoxy) is 1. The second kappa shape index (κ2) is 7.94. The standard InChI is InChI=1S/C23H25N5O3/c1-13(2)19-10-17(18-11-24-28(14(3)4)22(18)26-19)23(30)31-12-16-9-21(29)27-15(5)7-6-8-20(27)25-16/h6-11,13-14H,12H2,1-5H3. The van der Waals surface area contributed by atoms with Crippen molar-refractivity contribution in [2.45, 2.75) is 53.2 Å². The Bertz CT molecular complexity index is 1350. The maximum Gasteiger partial charge on any atom is 0.339 e. The molecule has 0 N–H and O–H groups in total. The van der Waals surface area contributed by atoms with Crippen molar-refractivity contribution in [3.05, 3.63) is 69.5 Å². The predicted octanol–water partition coefficient (Wildman–Crippen LogP) is 3.81. The molecular formula is C23H25N5O3. The van der Waals surface area contributed by atoms with Crippen molar-refractivity contribution in [2.24, 2.45) is 0 Å². The van der Waals surface area contributed by atoms with Crippen LogP contribution in [0.3, 0.4) is 0 Å². The maximum absolute atomic E-state index is 13.0. The molecule has 0 atom stereocenters. The normalized spacial score (nSPS) is 11.7. The first kappa shape index (κ1) is 20.7. The zero-order valence-electron chi connectivity index (χ0n) is 18.3. The van der Waals surface area contributed by atoms with Crippen LogP contribution in [0.25, 0.3) is 16.7 Å². The highest BCUT2D eigenvalue weighted by molar-refractivity contribution is 6.02. The first-order valence-electron chi connectivity index (χ1n) is 10.3. The van der Waals surface area contributed by atoms with Gasteiger partial charge in [-0.2, -0.15) is 5.10 Å². The van der Waals surface area contributed by atoms with Crippen molar-refractivity contribution in [1.82, 2.24) is 24.1 Å². The molecule has 0 aliphatic heterocycles. The average Bonchev–Trinajstić information content (AvgIpc) is 3.15. The Kier molecular flexibility index (Phi) is 5.31. The maximum atomic E-state index is 13.0. The van der Waals surface area contributed by atoms with Crippen LogP contribution in [0, 0.1) is 6.92 Å². The highest BCUT2D eigenvalue weighted by atomic mass is 16.5. The molecule has 0 radical (unpaired) electrons. The van der Waals surface area contributed by atoms with Crippen LogP contribution in [0.2, 0.25) is 0 Å². The summed E-state index contributed by atoms with van der Waals surface area (Å²) >= 11 is 0. The van der Waals surface area contributed by atoms with E-state index in [1.807, 2.05) is 46.8 Å². The van der Waals surface area contributed by atoms with Crippen molar-refractivity contribution in [3.63, 3.8) is 0 Å². The number of aromatic nitrogens is 5. The van der Waals surface area contributed by atoms with Crippen LogP contribution in [0.1, 0.15) is 67.1 Å².